The molecule has 1 aliphatic rings. The Morgan fingerprint density at radius 2 is 1.88 bits per heavy atom. The van der Waals surface area contributed by atoms with Gasteiger partial charge in [0.25, 0.3) is 0 Å². The lowest BCUT2D eigenvalue weighted by atomic mass is 9.78. The van der Waals surface area contributed by atoms with Crippen LogP contribution >= 0.6 is 0 Å². The molecule has 3 rings (SSSR count). The average Bonchev–Trinajstić information content (AvgIpc) is 2.66. The Bertz CT molecular complexity index is 774. The number of methoxy groups -OCH3 is 2. The van der Waals surface area contributed by atoms with E-state index < -0.39 is 0 Å². The second kappa shape index (κ2) is 8.61. The highest BCUT2D eigenvalue weighted by atomic mass is 16.5. The third-order valence-electron chi connectivity index (χ3n) is 4.69. The summed E-state index contributed by atoms with van der Waals surface area (Å²) in [6, 6.07) is 14.5. The molecule has 0 aliphatic heterocycles. The molecule has 5 heteroatoms. The molecule has 0 aromatic heterocycles. The van der Waals surface area contributed by atoms with Crippen LogP contribution in [0.1, 0.15) is 29.5 Å². The number of rotatable bonds is 7. The first kappa shape index (κ1) is 18.1. The third-order valence-corrected chi connectivity index (χ3v) is 4.69. The van der Waals surface area contributed by atoms with Crippen LogP contribution in [0.15, 0.2) is 47.5 Å². The number of nitrogens with zero attached hydrogens (tertiary/aromatic N) is 1. The van der Waals surface area contributed by atoms with Gasteiger partial charge in [-0.05, 0) is 42.2 Å². The zero-order valence-corrected chi connectivity index (χ0v) is 15.7. The van der Waals surface area contributed by atoms with Gasteiger partial charge in [0.15, 0.2) is 17.5 Å². The molecule has 0 spiro atoms. The minimum atomic E-state index is 0.566. The van der Waals surface area contributed by atoms with E-state index in [-0.39, 0.29) is 0 Å². The molecule has 0 fully saturated rings. The quantitative estimate of drug-likeness (QED) is 0.593. The second-order valence-electron chi connectivity index (χ2n) is 6.37. The van der Waals surface area contributed by atoms with Gasteiger partial charge in [0.1, 0.15) is 0 Å². The SMILES string of the molecule is CCNC(=NCc1ccc(OC)c(OC)c1)NCC1Cc2ccccc21. The van der Waals surface area contributed by atoms with Crippen molar-refractivity contribution >= 4 is 5.96 Å². The predicted molar refractivity (Wildman–Crippen MR) is 105 cm³/mol. The summed E-state index contributed by atoms with van der Waals surface area (Å²) >= 11 is 0. The molecule has 26 heavy (non-hydrogen) atoms. The van der Waals surface area contributed by atoms with Crippen LogP contribution in [0.4, 0.5) is 0 Å². The lowest BCUT2D eigenvalue weighted by Gasteiger charge is -2.30. The number of fused-ring (bicyclic) bond motifs is 1. The van der Waals surface area contributed by atoms with Gasteiger partial charge in [0.05, 0.1) is 20.8 Å². The van der Waals surface area contributed by atoms with Crippen LogP contribution in [0.5, 0.6) is 11.5 Å². The maximum absolute atomic E-state index is 5.36. The maximum atomic E-state index is 5.36. The Morgan fingerprint density at radius 3 is 2.62 bits per heavy atom. The smallest absolute Gasteiger partial charge is 0.191 e. The molecule has 0 heterocycles. The summed E-state index contributed by atoms with van der Waals surface area (Å²) in [5.41, 5.74) is 4.00. The number of ether oxygens (including phenoxy) is 2. The van der Waals surface area contributed by atoms with E-state index in [1.54, 1.807) is 14.2 Å². The number of hydrogen-bond donors (Lipinski definition) is 2. The highest BCUT2D eigenvalue weighted by Gasteiger charge is 2.25. The highest BCUT2D eigenvalue weighted by Crippen LogP contribution is 2.34. The molecule has 0 bridgehead atoms. The van der Waals surface area contributed by atoms with Crippen molar-refractivity contribution < 1.29 is 9.47 Å². The van der Waals surface area contributed by atoms with Gasteiger partial charge in [0.2, 0.25) is 0 Å². The summed E-state index contributed by atoms with van der Waals surface area (Å²) in [7, 11) is 3.29. The van der Waals surface area contributed by atoms with Crippen molar-refractivity contribution in [1.29, 1.82) is 0 Å². The van der Waals surface area contributed by atoms with Gasteiger partial charge in [-0.25, -0.2) is 4.99 Å². The van der Waals surface area contributed by atoms with Gasteiger partial charge >= 0.3 is 0 Å². The summed E-state index contributed by atoms with van der Waals surface area (Å²) < 4.78 is 10.6. The van der Waals surface area contributed by atoms with Crippen molar-refractivity contribution in [3.8, 4) is 11.5 Å². The first-order chi connectivity index (χ1) is 12.7. The summed E-state index contributed by atoms with van der Waals surface area (Å²) in [6.45, 7) is 4.39. The van der Waals surface area contributed by atoms with Crippen LogP contribution in [0.3, 0.4) is 0 Å². The van der Waals surface area contributed by atoms with Crippen molar-refractivity contribution in [2.24, 2.45) is 4.99 Å². The molecule has 0 radical (unpaired) electrons. The van der Waals surface area contributed by atoms with Crippen LogP contribution in [0.2, 0.25) is 0 Å². The molecular formula is C21H27N3O2. The number of guanidine groups is 1. The molecular weight excluding hydrogens is 326 g/mol. The maximum Gasteiger partial charge on any atom is 0.191 e. The molecule has 1 unspecified atom stereocenters. The molecule has 0 saturated heterocycles. The van der Waals surface area contributed by atoms with Crippen molar-refractivity contribution in [3.63, 3.8) is 0 Å². The minimum absolute atomic E-state index is 0.566. The lowest BCUT2D eigenvalue weighted by Crippen LogP contribution is -2.41. The fourth-order valence-electron chi connectivity index (χ4n) is 3.26. The van der Waals surface area contributed by atoms with E-state index in [4.69, 9.17) is 14.5 Å². The van der Waals surface area contributed by atoms with Gasteiger partial charge in [-0.3, -0.25) is 0 Å². The second-order valence-corrected chi connectivity index (χ2v) is 6.37. The van der Waals surface area contributed by atoms with Crippen molar-refractivity contribution in [2.75, 3.05) is 27.3 Å². The molecule has 2 aromatic carbocycles. The van der Waals surface area contributed by atoms with Crippen LogP contribution in [-0.2, 0) is 13.0 Å². The number of benzene rings is 2. The van der Waals surface area contributed by atoms with Crippen molar-refractivity contribution in [3.05, 3.63) is 59.2 Å². The molecule has 1 atom stereocenters. The van der Waals surface area contributed by atoms with Gasteiger partial charge in [-0.2, -0.15) is 0 Å². The van der Waals surface area contributed by atoms with E-state index in [0.717, 1.165) is 42.5 Å². The van der Waals surface area contributed by atoms with Crippen molar-refractivity contribution in [2.45, 2.75) is 25.8 Å². The number of hydrogen-bond acceptors (Lipinski definition) is 3. The van der Waals surface area contributed by atoms with Crippen LogP contribution < -0.4 is 20.1 Å². The molecule has 2 N–H and O–H groups in total. The summed E-state index contributed by atoms with van der Waals surface area (Å²) in [4.78, 5) is 4.70. The number of aliphatic imine (C=N–C) groups is 1. The lowest BCUT2D eigenvalue weighted by molar-refractivity contribution is 0.354. The van der Waals surface area contributed by atoms with E-state index in [0.29, 0.717) is 12.5 Å². The molecule has 2 aromatic rings. The predicted octanol–water partition coefficient (Wildman–Crippen LogP) is 3.10. The standard InChI is InChI=1S/C21H27N3O2/c1-4-22-21(24-14-17-12-16-7-5-6-8-18(16)17)23-13-15-9-10-19(25-2)20(11-15)26-3/h5-11,17H,4,12-14H2,1-3H3,(H2,22,23,24). The van der Waals surface area contributed by atoms with E-state index in [1.807, 2.05) is 18.2 Å². The Kier molecular flexibility index (Phi) is 6.00. The normalized spacial score (nSPS) is 15.7. The first-order valence-corrected chi connectivity index (χ1v) is 9.06. The molecule has 138 valence electrons. The van der Waals surface area contributed by atoms with Gasteiger partial charge in [-0.15, -0.1) is 0 Å². The first-order valence-electron chi connectivity index (χ1n) is 9.06. The Labute approximate surface area is 155 Å². The fraction of sp³-hybridized carbons (Fsp3) is 0.381. The minimum Gasteiger partial charge on any atom is -0.493 e. The van der Waals surface area contributed by atoms with Crippen molar-refractivity contribution in [1.82, 2.24) is 10.6 Å². The highest BCUT2D eigenvalue weighted by molar-refractivity contribution is 5.79. The average molecular weight is 353 g/mol. The van der Waals surface area contributed by atoms with Gasteiger partial charge in [-0.1, -0.05) is 30.3 Å². The summed E-state index contributed by atoms with van der Waals surface area (Å²) in [6.07, 6.45) is 1.14. The third kappa shape index (κ3) is 4.10. The van der Waals surface area contributed by atoms with E-state index in [9.17, 15) is 0 Å². The summed E-state index contributed by atoms with van der Waals surface area (Å²) in [5.74, 6) is 2.86. The zero-order chi connectivity index (χ0) is 18.4. The van der Waals surface area contributed by atoms with Gasteiger partial charge in [0, 0.05) is 19.0 Å². The topological polar surface area (TPSA) is 54.9 Å². The number of nitrogens with one attached hydrogen (secondary N) is 2. The van der Waals surface area contributed by atoms with Crippen LogP contribution in [0, 0.1) is 0 Å². The van der Waals surface area contributed by atoms with Gasteiger partial charge < -0.3 is 20.1 Å². The monoisotopic (exact) mass is 353 g/mol. The molecule has 5 nitrogen and oxygen atoms in total. The van der Waals surface area contributed by atoms with Crippen LogP contribution in [0.25, 0.3) is 0 Å². The Hall–Kier alpha value is -2.69. The van der Waals surface area contributed by atoms with E-state index in [1.165, 1.54) is 11.1 Å². The molecule has 1 aliphatic carbocycles. The van der Waals surface area contributed by atoms with Crippen LogP contribution in [-0.4, -0.2) is 33.3 Å². The zero-order valence-electron chi connectivity index (χ0n) is 15.7. The Balaban J connectivity index is 1.61. The Morgan fingerprint density at radius 1 is 1.08 bits per heavy atom. The molecule has 0 amide bonds. The largest absolute Gasteiger partial charge is 0.493 e. The van der Waals surface area contributed by atoms with E-state index in [2.05, 4.69) is 41.8 Å². The summed E-state index contributed by atoms with van der Waals surface area (Å²) in [5, 5.41) is 6.78. The fourth-order valence-corrected chi connectivity index (χ4v) is 3.26. The molecule has 0 saturated carbocycles. The van der Waals surface area contributed by atoms with E-state index >= 15 is 0 Å².